The highest BCUT2D eigenvalue weighted by Gasteiger charge is 2.26. The smallest absolute Gasteiger partial charge is 0.342 e. The van der Waals surface area contributed by atoms with Gasteiger partial charge in [-0.25, -0.2) is 9.78 Å². The highest BCUT2D eigenvalue weighted by Crippen LogP contribution is 2.32. The molecule has 0 saturated carbocycles. The first-order valence-electron chi connectivity index (χ1n) is 7.92. The number of hydrogen-bond donors (Lipinski definition) is 1. The number of nitrogen functional groups attached to an aromatic ring is 1. The summed E-state index contributed by atoms with van der Waals surface area (Å²) in [6.45, 7) is -1.38. The van der Waals surface area contributed by atoms with E-state index in [0.29, 0.717) is 5.52 Å². The lowest BCUT2D eigenvalue weighted by Crippen LogP contribution is -2.15. The average Bonchev–Trinajstić information content (AvgIpc) is 3.03. The van der Waals surface area contributed by atoms with Gasteiger partial charge in [0.1, 0.15) is 11.3 Å². The highest BCUT2D eigenvalue weighted by atomic mass is 35.5. The van der Waals surface area contributed by atoms with Crippen molar-refractivity contribution in [3.05, 3.63) is 52.8 Å². The maximum absolute atomic E-state index is 13.6. The lowest BCUT2D eigenvalue weighted by molar-refractivity contribution is 0.0230. The van der Waals surface area contributed by atoms with E-state index in [1.165, 1.54) is 32.2 Å². The zero-order chi connectivity index (χ0) is 19.7. The minimum atomic E-state index is -2.84. The van der Waals surface area contributed by atoms with Crippen LogP contribution in [0.5, 0.6) is 5.75 Å². The normalized spacial score (nSPS) is 12.4. The standard InChI is InChI=1S/C18H16ClF2N3O3/c1-9(16-23-13-5-3-4-6-14(13)24(16)18(20)21)27-17(25)10-7-11(19)12(22)8-15(10)26-2/h3-9,18H,22H2,1-2H3/t9-/m0/s1. The predicted molar refractivity (Wildman–Crippen MR) is 97.2 cm³/mol. The molecule has 0 bridgehead atoms. The number of benzene rings is 2. The molecule has 3 rings (SSSR count). The van der Waals surface area contributed by atoms with E-state index < -0.39 is 18.6 Å². The number of carbonyl (C=O) groups is 1. The molecule has 2 aromatic carbocycles. The maximum atomic E-state index is 13.6. The van der Waals surface area contributed by atoms with Crippen molar-refractivity contribution in [1.82, 2.24) is 9.55 Å². The van der Waals surface area contributed by atoms with E-state index in [9.17, 15) is 13.6 Å². The molecule has 0 spiro atoms. The van der Waals surface area contributed by atoms with Crippen LogP contribution < -0.4 is 10.5 Å². The molecular weight excluding hydrogens is 380 g/mol. The Morgan fingerprint density at radius 3 is 2.67 bits per heavy atom. The van der Waals surface area contributed by atoms with Crippen LogP contribution in [-0.2, 0) is 4.74 Å². The zero-order valence-corrected chi connectivity index (χ0v) is 15.2. The van der Waals surface area contributed by atoms with Gasteiger partial charge in [-0.3, -0.25) is 4.57 Å². The number of nitrogens with two attached hydrogens (primary N) is 1. The zero-order valence-electron chi connectivity index (χ0n) is 14.4. The Kier molecular flexibility index (Phi) is 5.18. The van der Waals surface area contributed by atoms with Gasteiger partial charge in [-0.15, -0.1) is 0 Å². The molecule has 0 aliphatic carbocycles. The van der Waals surface area contributed by atoms with E-state index in [0.717, 1.165) is 4.57 Å². The minimum absolute atomic E-state index is 0.0308. The summed E-state index contributed by atoms with van der Waals surface area (Å²) in [5.74, 6) is -0.703. The number of carbonyl (C=O) groups excluding carboxylic acids is 1. The third-order valence-electron chi connectivity index (χ3n) is 4.00. The van der Waals surface area contributed by atoms with Crippen molar-refractivity contribution in [2.24, 2.45) is 0 Å². The molecule has 2 N–H and O–H groups in total. The molecule has 0 aliphatic heterocycles. The number of methoxy groups -OCH3 is 1. The van der Waals surface area contributed by atoms with E-state index >= 15 is 0 Å². The number of ether oxygens (including phenoxy) is 2. The van der Waals surface area contributed by atoms with Crippen LogP contribution in [0.4, 0.5) is 14.5 Å². The monoisotopic (exact) mass is 395 g/mol. The molecule has 0 amide bonds. The largest absolute Gasteiger partial charge is 0.496 e. The Morgan fingerprint density at radius 1 is 1.30 bits per heavy atom. The van der Waals surface area contributed by atoms with Crippen LogP contribution in [0, 0.1) is 0 Å². The summed E-state index contributed by atoms with van der Waals surface area (Å²) in [4.78, 5) is 16.7. The molecule has 27 heavy (non-hydrogen) atoms. The van der Waals surface area contributed by atoms with Gasteiger partial charge in [-0.05, 0) is 25.1 Å². The van der Waals surface area contributed by atoms with E-state index in [4.69, 9.17) is 26.8 Å². The summed E-state index contributed by atoms with van der Waals surface area (Å²) in [6, 6.07) is 9.14. The minimum Gasteiger partial charge on any atom is -0.496 e. The summed E-state index contributed by atoms with van der Waals surface area (Å²) in [5, 5.41) is 0.148. The fourth-order valence-electron chi connectivity index (χ4n) is 2.73. The average molecular weight is 396 g/mol. The van der Waals surface area contributed by atoms with Crippen molar-refractivity contribution in [1.29, 1.82) is 0 Å². The molecule has 0 fully saturated rings. The topological polar surface area (TPSA) is 79.4 Å². The van der Waals surface area contributed by atoms with Crippen molar-refractivity contribution in [2.45, 2.75) is 19.6 Å². The first-order chi connectivity index (χ1) is 12.8. The summed E-state index contributed by atoms with van der Waals surface area (Å²) in [7, 11) is 1.36. The first-order valence-corrected chi connectivity index (χ1v) is 8.30. The molecule has 1 aromatic heterocycles. The molecule has 6 nitrogen and oxygen atoms in total. The number of halogens is 3. The van der Waals surface area contributed by atoms with E-state index in [1.54, 1.807) is 18.2 Å². The molecule has 3 aromatic rings. The molecule has 142 valence electrons. The lowest BCUT2D eigenvalue weighted by atomic mass is 10.2. The molecule has 9 heteroatoms. The summed E-state index contributed by atoms with van der Waals surface area (Å²) < 4.78 is 38.3. The van der Waals surface area contributed by atoms with Crippen LogP contribution in [0.2, 0.25) is 5.02 Å². The number of alkyl halides is 2. The van der Waals surface area contributed by atoms with Gasteiger partial charge in [0.15, 0.2) is 11.9 Å². The van der Waals surface area contributed by atoms with Crippen LogP contribution in [0.25, 0.3) is 11.0 Å². The van der Waals surface area contributed by atoms with Gasteiger partial charge in [-0.1, -0.05) is 23.7 Å². The quantitative estimate of drug-likeness (QED) is 0.504. The van der Waals surface area contributed by atoms with Crippen LogP contribution in [-0.4, -0.2) is 22.6 Å². The van der Waals surface area contributed by atoms with E-state index in [-0.39, 0.29) is 33.4 Å². The molecule has 0 radical (unpaired) electrons. The Bertz CT molecular complexity index is 1010. The van der Waals surface area contributed by atoms with Crippen LogP contribution in [0.3, 0.4) is 0 Å². The van der Waals surface area contributed by atoms with Gasteiger partial charge < -0.3 is 15.2 Å². The Morgan fingerprint density at radius 2 is 2.00 bits per heavy atom. The molecule has 0 saturated heterocycles. The molecule has 1 heterocycles. The maximum Gasteiger partial charge on any atom is 0.342 e. The first kappa shape index (κ1) is 18.9. The second kappa shape index (κ2) is 7.40. The van der Waals surface area contributed by atoms with Crippen molar-refractivity contribution >= 4 is 34.3 Å². The Balaban J connectivity index is 1.95. The van der Waals surface area contributed by atoms with Crippen molar-refractivity contribution in [3.8, 4) is 5.75 Å². The van der Waals surface area contributed by atoms with Gasteiger partial charge in [0.25, 0.3) is 0 Å². The number of para-hydroxylation sites is 2. The van der Waals surface area contributed by atoms with Crippen molar-refractivity contribution in [2.75, 3.05) is 12.8 Å². The second-order valence-corrected chi connectivity index (χ2v) is 6.14. The molecule has 0 aliphatic rings. The predicted octanol–water partition coefficient (Wildman–Crippen LogP) is 4.59. The summed E-state index contributed by atoms with van der Waals surface area (Å²) in [5.41, 5.74) is 6.58. The Labute approximate surface area is 158 Å². The molecular formula is C18H16ClF2N3O3. The fourth-order valence-corrected chi connectivity index (χ4v) is 2.89. The molecule has 0 unspecified atom stereocenters. The Hall–Kier alpha value is -2.87. The van der Waals surface area contributed by atoms with Crippen molar-refractivity contribution in [3.63, 3.8) is 0 Å². The number of esters is 1. The number of anilines is 1. The van der Waals surface area contributed by atoms with Crippen LogP contribution >= 0.6 is 11.6 Å². The van der Waals surface area contributed by atoms with Gasteiger partial charge in [-0.2, -0.15) is 8.78 Å². The summed E-state index contributed by atoms with van der Waals surface area (Å²) in [6.07, 6.45) is -1.04. The van der Waals surface area contributed by atoms with E-state index in [1.807, 2.05) is 0 Å². The highest BCUT2D eigenvalue weighted by molar-refractivity contribution is 6.33. The number of rotatable bonds is 5. The van der Waals surface area contributed by atoms with Gasteiger partial charge in [0, 0.05) is 6.07 Å². The number of nitrogens with zero attached hydrogens (tertiary/aromatic N) is 2. The lowest BCUT2D eigenvalue weighted by Gasteiger charge is -2.16. The number of fused-ring (bicyclic) bond motifs is 1. The van der Waals surface area contributed by atoms with Crippen LogP contribution in [0.1, 0.15) is 35.8 Å². The van der Waals surface area contributed by atoms with Gasteiger partial charge >= 0.3 is 12.5 Å². The second-order valence-electron chi connectivity index (χ2n) is 5.73. The third-order valence-corrected chi connectivity index (χ3v) is 4.33. The number of aromatic nitrogens is 2. The summed E-state index contributed by atoms with van der Waals surface area (Å²) >= 11 is 5.96. The number of imidazole rings is 1. The molecule has 1 atom stereocenters. The third kappa shape index (κ3) is 3.52. The van der Waals surface area contributed by atoms with Gasteiger partial charge in [0.05, 0.1) is 28.9 Å². The SMILES string of the molecule is COc1cc(N)c(Cl)cc1C(=O)O[C@@H](C)c1nc2ccccc2n1C(F)F. The fraction of sp³-hybridized carbons (Fsp3) is 0.222. The van der Waals surface area contributed by atoms with E-state index in [2.05, 4.69) is 4.98 Å². The van der Waals surface area contributed by atoms with Crippen molar-refractivity contribution < 1.29 is 23.0 Å². The van der Waals surface area contributed by atoms with Crippen LogP contribution in [0.15, 0.2) is 36.4 Å². The van der Waals surface area contributed by atoms with Gasteiger partial charge in [0.2, 0.25) is 0 Å². The number of hydrogen-bond acceptors (Lipinski definition) is 5.